The second kappa shape index (κ2) is 6.04. The molecule has 2 N–H and O–H groups in total. The molecule has 2 unspecified atom stereocenters. The Morgan fingerprint density at radius 1 is 1.50 bits per heavy atom. The second-order valence-corrected chi connectivity index (χ2v) is 5.80. The lowest BCUT2D eigenvalue weighted by Crippen LogP contribution is -2.32. The predicted octanol–water partition coefficient (Wildman–Crippen LogP) is 2.99. The van der Waals surface area contributed by atoms with Crippen molar-refractivity contribution in [2.24, 2.45) is 5.92 Å². The molecule has 0 aromatic heterocycles. The number of amides is 1. The third-order valence-electron chi connectivity index (χ3n) is 3.34. The average molecular weight is 333 g/mol. The molecule has 0 aliphatic heterocycles. The van der Waals surface area contributed by atoms with Crippen LogP contribution >= 0.6 is 27.5 Å². The first kappa shape index (κ1) is 13.8. The van der Waals surface area contributed by atoms with Gasteiger partial charge in [-0.2, -0.15) is 0 Å². The maximum atomic E-state index is 12.0. The van der Waals surface area contributed by atoms with Gasteiger partial charge in [0.1, 0.15) is 0 Å². The van der Waals surface area contributed by atoms with Crippen molar-refractivity contribution in [2.45, 2.75) is 25.4 Å². The topological polar surface area (TPSA) is 49.3 Å². The lowest BCUT2D eigenvalue weighted by molar-refractivity contribution is 0.0917. The fourth-order valence-electron chi connectivity index (χ4n) is 2.25. The highest BCUT2D eigenvalue weighted by molar-refractivity contribution is 9.10. The molecule has 0 saturated heterocycles. The number of hydrogen-bond donors (Lipinski definition) is 2. The Morgan fingerprint density at radius 3 is 2.94 bits per heavy atom. The van der Waals surface area contributed by atoms with Crippen LogP contribution in [0.25, 0.3) is 0 Å². The molecule has 1 saturated carbocycles. The van der Waals surface area contributed by atoms with Crippen LogP contribution in [0.15, 0.2) is 22.7 Å². The van der Waals surface area contributed by atoms with Crippen LogP contribution in [0.5, 0.6) is 0 Å². The first-order chi connectivity index (χ1) is 8.59. The number of nitrogens with one attached hydrogen (secondary N) is 1. The van der Waals surface area contributed by atoms with Gasteiger partial charge in [-0.25, -0.2) is 0 Å². The summed E-state index contributed by atoms with van der Waals surface area (Å²) < 4.78 is 0.706. The first-order valence-electron chi connectivity index (χ1n) is 6.00. The Balaban J connectivity index is 1.97. The minimum Gasteiger partial charge on any atom is -0.393 e. The van der Waals surface area contributed by atoms with Gasteiger partial charge in [0.05, 0.1) is 16.7 Å². The molecule has 0 bridgehead atoms. The summed E-state index contributed by atoms with van der Waals surface area (Å²) >= 11 is 9.34. The van der Waals surface area contributed by atoms with Crippen LogP contribution in [-0.4, -0.2) is 23.7 Å². The Morgan fingerprint density at radius 2 is 2.28 bits per heavy atom. The van der Waals surface area contributed by atoms with Gasteiger partial charge in [0.2, 0.25) is 0 Å². The van der Waals surface area contributed by atoms with E-state index in [1.807, 2.05) is 0 Å². The molecule has 1 aromatic rings. The number of benzene rings is 1. The zero-order valence-corrected chi connectivity index (χ0v) is 12.2. The minimum absolute atomic E-state index is 0.167. The summed E-state index contributed by atoms with van der Waals surface area (Å²) in [5, 5.41) is 12.9. The number of aliphatic hydroxyl groups is 1. The van der Waals surface area contributed by atoms with Crippen molar-refractivity contribution in [1.82, 2.24) is 5.32 Å². The second-order valence-electron chi connectivity index (χ2n) is 4.57. The highest BCUT2D eigenvalue weighted by Crippen LogP contribution is 2.27. The largest absolute Gasteiger partial charge is 0.393 e. The van der Waals surface area contributed by atoms with Crippen LogP contribution in [0.1, 0.15) is 29.6 Å². The molecule has 0 heterocycles. The normalized spacial score (nSPS) is 23.1. The highest BCUT2D eigenvalue weighted by Gasteiger charge is 2.25. The van der Waals surface area contributed by atoms with Gasteiger partial charge in [0, 0.05) is 16.9 Å². The molecule has 0 spiro atoms. The standard InChI is InChI=1S/C13H15BrClNO2/c14-10-5-2-4-9(12(10)15)13(18)16-7-8-3-1-6-11(8)17/h2,4-5,8,11,17H,1,3,6-7H2,(H,16,18). The van der Waals surface area contributed by atoms with Gasteiger partial charge in [-0.05, 0) is 40.9 Å². The smallest absolute Gasteiger partial charge is 0.252 e. The van der Waals surface area contributed by atoms with Crippen LogP contribution in [0.4, 0.5) is 0 Å². The van der Waals surface area contributed by atoms with Gasteiger partial charge >= 0.3 is 0 Å². The molecule has 1 aliphatic carbocycles. The van der Waals surface area contributed by atoms with Crippen molar-refractivity contribution >= 4 is 33.4 Å². The Kier molecular flexibility index (Phi) is 4.65. The van der Waals surface area contributed by atoms with Crippen LogP contribution in [0, 0.1) is 5.92 Å². The van der Waals surface area contributed by atoms with Gasteiger partial charge in [0.25, 0.3) is 5.91 Å². The summed E-state index contributed by atoms with van der Waals surface area (Å²) in [6, 6.07) is 5.25. The molecule has 2 atom stereocenters. The minimum atomic E-state index is -0.289. The molecule has 5 heteroatoms. The van der Waals surface area contributed by atoms with Gasteiger partial charge in [-0.3, -0.25) is 4.79 Å². The highest BCUT2D eigenvalue weighted by atomic mass is 79.9. The number of carbonyl (C=O) groups is 1. The van der Waals surface area contributed by atoms with E-state index < -0.39 is 0 Å². The Bertz CT molecular complexity index is 453. The number of carbonyl (C=O) groups excluding carboxylic acids is 1. The summed E-state index contributed by atoms with van der Waals surface area (Å²) in [7, 11) is 0. The van der Waals surface area contributed by atoms with Crippen LogP contribution < -0.4 is 5.32 Å². The maximum Gasteiger partial charge on any atom is 0.252 e. The molecule has 3 nitrogen and oxygen atoms in total. The fourth-order valence-corrected chi connectivity index (χ4v) is 2.83. The van der Waals surface area contributed by atoms with Crippen LogP contribution in [-0.2, 0) is 0 Å². The molecular weight excluding hydrogens is 318 g/mol. The molecule has 2 rings (SSSR count). The van der Waals surface area contributed by atoms with Crippen molar-refractivity contribution in [3.8, 4) is 0 Å². The summed E-state index contributed by atoms with van der Waals surface area (Å²) in [4.78, 5) is 12.0. The van der Waals surface area contributed by atoms with E-state index in [2.05, 4.69) is 21.2 Å². The summed E-state index contributed by atoms with van der Waals surface area (Å²) in [6.07, 6.45) is 2.54. The fraction of sp³-hybridized carbons (Fsp3) is 0.462. The van der Waals surface area contributed by atoms with Crippen LogP contribution in [0.3, 0.4) is 0 Å². The molecule has 1 fully saturated rings. The number of rotatable bonds is 3. The molecule has 1 aromatic carbocycles. The molecule has 1 amide bonds. The van der Waals surface area contributed by atoms with Gasteiger partial charge in [-0.1, -0.05) is 24.1 Å². The Labute approximate surface area is 120 Å². The quantitative estimate of drug-likeness (QED) is 0.894. The summed E-state index contributed by atoms with van der Waals surface area (Å²) in [6.45, 7) is 0.503. The van der Waals surface area contributed by atoms with Gasteiger partial charge in [-0.15, -0.1) is 0 Å². The Hall–Kier alpha value is -0.580. The van der Waals surface area contributed by atoms with E-state index in [1.54, 1.807) is 18.2 Å². The summed E-state index contributed by atoms with van der Waals surface area (Å²) in [5.41, 5.74) is 0.457. The van der Waals surface area contributed by atoms with Gasteiger partial charge < -0.3 is 10.4 Å². The van der Waals surface area contributed by atoms with E-state index in [9.17, 15) is 9.90 Å². The average Bonchev–Trinajstić information content (AvgIpc) is 2.75. The van der Waals surface area contributed by atoms with E-state index in [4.69, 9.17) is 11.6 Å². The lowest BCUT2D eigenvalue weighted by Gasteiger charge is -2.15. The zero-order valence-electron chi connectivity index (χ0n) is 9.83. The van der Waals surface area contributed by atoms with Crippen molar-refractivity contribution in [2.75, 3.05) is 6.54 Å². The van der Waals surface area contributed by atoms with E-state index in [1.165, 1.54) is 0 Å². The van der Waals surface area contributed by atoms with E-state index >= 15 is 0 Å². The number of aliphatic hydroxyl groups excluding tert-OH is 1. The van der Waals surface area contributed by atoms with Crippen molar-refractivity contribution in [3.63, 3.8) is 0 Å². The van der Waals surface area contributed by atoms with Crippen LogP contribution in [0.2, 0.25) is 5.02 Å². The third kappa shape index (κ3) is 3.05. The lowest BCUT2D eigenvalue weighted by atomic mass is 10.1. The predicted molar refractivity (Wildman–Crippen MR) is 74.8 cm³/mol. The summed E-state index contributed by atoms with van der Waals surface area (Å²) in [5.74, 6) is -0.0275. The van der Waals surface area contributed by atoms with E-state index in [-0.39, 0.29) is 17.9 Å². The third-order valence-corrected chi connectivity index (χ3v) is 4.64. The van der Waals surface area contributed by atoms with E-state index in [0.717, 1.165) is 19.3 Å². The first-order valence-corrected chi connectivity index (χ1v) is 7.17. The molecule has 0 radical (unpaired) electrons. The molecule has 18 heavy (non-hydrogen) atoms. The SMILES string of the molecule is O=C(NCC1CCCC1O)c1cccc(Br)c1Cl. The van der Waals surface area contributed by atoms with Crippen molar-refractivity contribution in [1.29, 1.82) is 0 Å². The van der Waals surface area contributed by atoms with Crippen molar-refractivity contribution < 1.29 is 9.90 Å². The molecule has 1 aliphatic rings. The maximum absolute atomic E-state index is 12.0. The molecular formula is C13H15BrClNO2. The number of hydrogen-bond acceptors (Lipinski definition) is 2. The zero-order chi connectivity index (χ0) is 13.1. The van der Waals surface area contributed by atoms with Crippen molar-refractivity contribution in [3.05, 3.63) is 33.3 Å². The van der Waals surface area contributed by atoms with E-state index in [0.29, 0.717) is 21.6 Å². The number of halogens is 2. The van der Waals surface area contributed by atoms with Gasteiger partial charge in [0.15, 0.2) is 0 Å². The monoisotopic (exact) mass is 331 g/mol. The molecule has 98 valence electrons.